The minimum absolute atomic E-state index is 0.179. The molecule has 0 aliphatic rings. The Balaban J connectivity index is 5.56. The number of aliphatic hydroxyl groups is 4. The molecular weight excluding hydrogens is 1110 g/mol. The number of ether oxygens (including phenoxy) is 4. The van der Waals surface area contributed by atoms with Gasteiger partial charge in [0.1, 0.15) is 0 Å². The predicted octanol–water partition coefficient (Wildman–Crippen LogP) is 15.9. The van der Waals surface area contributed by atoms with Gasteiger partial charge in [0.05, 0.1) is 26.4 Å². The predicted molar refractivity (Wildman–Crippen MR) is 363 cm³/mol. The molecule has 0 amide bonds. The number of esters is 4. The first-order chi connectivity index (χ1) is 42.9. The van der Waals surface area contributed by atoms with E-state index >= 15 is 0 Å². The fraction of sp³-hybridized carbons (Fsp3) is 0.945. The van der Waals surface area contributed by atoms with Gasteiger partial charge in [-0.05, 0) is 32.7 Å². The lowest BCUT2D eigenvalue weighted by Gasteiger charge is -2.30. The van der Waals surface area contributed by atoms with E-state index in [4.69, 9.17) is 18.9 Å². The summed E-state index contributed by atoms with van der Waals surface area (Å²) >= 11 is 0. The fourth-order valence-electron chi connectivity index (χ4n) is 11.4. The van der Waals surface area contributed by atoms with Crippen molar-refractivity contribution >= 4 is 23.9 Å². The number of carbonyl (C=O) groups is 4. The standard InChI is InChI=1S/C73H143N3O12/c1-6-10-14-18-22-26-30-34-38-42-46-50-58-85-70(81)66(77)62-75(63-67(78)71(82)86-59-51-47-43-39-35-31-27-23-19-15-11-7-2)56-54-74(5)55-57-76(64-68(79)72(83)87-60-52-48-44-40-36-32-28-24-20-16-12-8-3)65-69(80)73(84)88-61-53-49-45-41-37-33-29-25-21-17-13-9-4/h66-69,77-80H,6-65H2,1-5H3. The third kappa shape index (κ3) is 57.5. The molecule has 0 aromatic rings. The van der Waals surface area contributed by atoms with Crippen LogP contribution < -0.4 is 0 Å². The van der Waals surface area contributed by atoms with E-state index < -0.39 is 48.3 Å². The second-order valence-corrected chi connectivity index (χ2v) is 26.1. The Morgan fingerprint density at radius 3 is 0.557 bits per heavy atom. The lowest BCUT2D eigenvalue weighted by atomic mass is 10.1. The highest BCUT2D eigenvalue weighted by atomic mass is 16.6. The van der Waals surface area contributed by atoms with E-state index in [2.05, 4.69) is 27.7 Å². The summed E-state index contributed by atoms with van der Waals surface area (Å²) in [6.07, 6.45) is 50.7. The number of rotatable bonds is 70. The second kappa shape index (κ2) is 66.1. The van der Waals surface area contributed by atoms with Gasteiger partial charge in [0.15, 0.2) is 24.4 Å². The zero-order chi connectivity index (χ0) is 64.6. The minimum atomic E-state index is -1.51. The molecule has 4 atom stereocenters. The van der Waals surface area contributed by atoms with Crippen LogP contribution in [-0.4, -0.2) is 169 Å². The van der Waals surface area contributed by atoms with Crippen molar-refractivity contribution in [2.24, 2.45) is 0 Å². The summed E-state index contributed by atoms with van der Waals surface area (Å²) < 4.78 is 22.0. The summed E-state index contributed by atoms with van der Waals surface area (Å²) in [4.78, 5) is 57.7. The summed E-state index contributed by atoms with van der Waals surface area (Å²) in [5.74, 6) is -3.01. The Hall–Kier alpha value is -2.40. The maximum atomic E-state index is 13.1. The van der Waals surface area contributed by atoms with E-state index in [0.717, 1.165) is 77.0 Å². The summed E-state index contributed by atoms with van der Waals surface area (Å²) in [5.41, 5.74) is 0. The van der Waals surface area contributed by atoms with Gasteiger partial charge in [-0.25, -0.2) is 19.2 Å². The van der Waals surface area contributed by atoms with Crippen molar-refractivity contribution < 1.29 is 58.6 Å². The van der Waals surface area contributed by atoms with Gasteiger partial charge < -0.3 is 44.3 Å². The summed E-state index contributed by atoms with van der Waals surface area (Å²) in [6, 6.07) is 0. The number of carbonyl (C=O) groups excluding carboxylic acids is 4. The molecule has 0 saturated heterocycles. The quantitative estimate of drug-likeness (QED) is 0.0255. The van der Waals surface area contributed by atoms with Crippen LogP contribution in [0.1, 0.15) is 336 Å². The van der Waals surface area contributed by atoms with Gasteiger partial charge in [-0.2, -0.15) is 0 Å². The normalized spacial score (nSPS) is 13.1. The number of hydrogen-bond donors (Lipinski definition) is 4. The number of aliphatic hydroxyl groups excluding tert-OH is 4. The molecule has 0 aromatic heterocycles. The fourth-order valence-corrected chi connectivity index (χ4v) is 11.4. The molecule has 0 saturated carbocycles. The Morgan fingerprint density at radius 1 is 0.250 bits per heavy atom. The molecule has 0 spiro atoms. The van der Waals surface area contributed by atoms with Crippen molar-refractivity contribution in [1.82, 2.24) is 14.7 Å². The van der Waals surface area contributed by atoms with Crippen LogP contribution in [0, 0.1) is 0 Å². The zero-order valence-corrected chi connectivity index (χ0v) is 58.1. The van der Waals surface area contributed by atoms with E-state index in [0.29, 0.717) is 38.8 Å². The number of nitrogens with zero attached hydrogens (tertiary/aromatic N) is 3. The molecule has 522 valence electrons. The molecule has 0 radical (unpaired) electrons. The third-order valence-electron chi connectivity index (χ3n) is 17.4. The maximum absolute atomic E-state index is 13.1. The number of unbranched alkanes of at least 4 members (excludes halogenated alkanes) is 44. The Kier molecular flexibility index (Phi) is 64.3. The molecule has 15 heteroatoms. The summed E-state index contributed by atoms with van der Waals surface area (Å²) in [7, 11) is 1.85. The molecule has 0 aliphatic carbocycles. The van der Waals surface area contributed by atoms with Gasteiger partial charge in [0.25, 0.3) is 0 Å². The molecule has 4 unspecified atom stereocenters. The zero-order valence-electron chi connectivity index (χ0n) is 58.1. The highest BCUT2D eigenvalue weighted by Crippen LogP contribution is 2.17. The van der Waals surface area contributed by atoms with Crippen LogP contribution in [0.2, 0.25) is 0 Å². The molecule has 0 aromatic carbocycles. The van der Waals surface area contributed by atoms with E-state index in [1.807, 2.05) is 11.9 Å². The van der Waals surface area contributed by atoms with Crippen LogP contribution in [0.25, 0.3) is 0 Å². The monoisotopic (exact) mass is 1250 g/mol. The lowest BCUT2D eigenvalue weighted by molar-refractivity contribution is -0.158. The Morgan fingerprint density at radius 2 is 0.398 bits per heavy atom. The summed E-state index contributed by atoms with van der Waals surface area (Å²) in [6.45, 7) is 10.3. The topological polar surface area (TPSA) is 196 Å². The molecule has 0 aliphatic heterocycles. The van der Waals surface area contributed by atoms with Crippen LogP contribution in [0.5, 0.6) is 0 Å². The first-order valence-electron chi connectivity index (χ1n) is 37.4. The van der Waals surface area contributed by atoms with Crippen LogP contribution in [0.15, 0.2) is 0 Å². The van der Waals surface area contributed by atoms with Gasteiger partial charge in [0.2, 0.25) is 0 Å². The van der Waals surface area contributed by atoms with Crippen LogP contribution in [0.3, 0.4) is 0 Å². The molecule has 4 N–H and O–H groups in total. The van der Waals surface area contributed by atoms with Crippen molar-refractivity contribution in [3.05, 3.63) is 0 Å². The van der Waals surface area contributed by atoms with Gasteiger partial charge in [-0.3, -0.25) is 9.80 Å². The molecule has 15 nitrogen and oxygen atoms in total. The summed E-state index contributed by atoms with van der Waals surface area (Å²) in [5, 5.41) is 44.5. The van der Waals surface area contributed by atoms with Gasteiger partial charge in [0, 0.05) is 52.4 Å². The van der Waals surface area contributed by atoms with Crippen molar-refractivity contribution in [2.75, 3.05) is 85.8 Å². The molecule has 0 rings (SSSR count). The number of hydrogen-bond acceptors (Lipinski definition) is 15. The van der Waals surface area contributed by atoms with E-state index in [9.17, 15) is 39.6 Å². The smallest absolute Gasteiger partial charge is 0.336 e. The van der Waals surface area contributed by atoms with Crippen LogP contribution >= 0.6 is 0 Å². The Labute approximate surface area is 541 Å². The van der Waals surface area contributed by atoms with Gasteiger partial charge >= 0.3 is 23.9 Å². The lowest BCUT2D eigenvalue weighted by Crippen LogP contribution is -2.48. The molecule has 0 bridgehead atoms. The second-order valence-electron chi connectivity index (χ2n) is 26.1. The SMILES string of the molecule is CCCCCCCCCCCCCCOC(=O)C(O)CN(CCN(C)CCN(CC(O)C(=O)OCCCCCCCCCCCCCC)CC(O)C(=O)OCCCCCCCCCCCCCC)CC(O)C(=O)OCCCCCCCCCCCCCC. The average molecular weight is 1250 g/mol. The van der Waals surface area contributed by atoms with Gasteiger partial charge in [-0.15, -0.1) is 0 Å². The van der Waals surface area contributed by atoms with Crippen LogP contribution in [0.4, 0.5) is 0 Å². The maximum Gasteiger partial charge on any atom is 0.336 e. The van der Waals surface area contributed by atoms with Gasteiger partial charge in [-0.1, -0.05) is 310 Å². The first-order valence-corrected chi connectivity index (χ1v) is 37.4. The molecule has 0 fully saturated rings. The molecular formula is C73H143N3O12. The molecule has 88 heavy (non-hydrogen) atoms. The first kappa shape index (κ1) is 85.6. The highest BCUT2D eigenvalue weighted by molar-refractivity contribution is 5.76. The van der Waals surface area contributed by atoms with Crippen molar-refractivity contribution in [2.45, 2.75) is 360 Å². The van der Waals surface area contributed by atoms with E-state index in [1.165, 1.54) is 205 Å². The van der Waals surface area contributed by atoms with Crippen molar-refractivity contribution in [3.63, 3.8) is 0 Å². The average Bonchev–Trinajstić information content (AvgIpc) is 3.64. The Bertz CT molecular complexity index is 1320. The van der Waals surface area contributed by atoms with Crippen LogP contribution in [-0.2, 0) is 38.1 Å². The molecule has 0 heterocycles. The van der Waals surface area contributed by atoms with Crippen molar-refractivity contribution in [1.29, 1.82) is 0 Å². The van der Waals surface area contributed by atoms with E-state index in [-0.39, 0.29) is 65.7 Å². The largest absolute Gasteiger partial charge is 0.464 e. The number of likely N-dealkylation sites (N-methyl/N-ethyl adjacent to an activating group) is 1. The third-order valence-corrected chi connectivity index (χ3v) is 17.4. The highest BCUT2D eigenvalue weighted by Gasteiger charge is 2.28. The minimum Gasteiger partial charge on any atom is -0.464 e. The van der Waals surface area contributed by atoms with Crippen molar-refractivity contribution in [3.8, 4) is 0 Å². The van der Waals surface area contributed by atoms with E-state index in [1.54, 1.807) is 9.80 Å².